The van der Waals surface area contributed by atoms with Crippen LogP contribution in [0.2, 0.25) is 19.6 Å². The molecule has 4 rings (SSSR count). The van der Waals surface area contributed by atoms with E-state index in [9.17, 15) is 4.79 Å². The molecule has 2 aliphatic rings. The molecule has 1 amide bonds. The second-order valence-corrected chi connectivity index (χ2v) is 17.3. The molecule has 1 saturated heterocycles. The van der Waals surface area contributed by atoms with Crippen LogP contribution in [0.1, 0.15) is 55.8 Å². The second kappa shape index (κ2) is 8.01. The Bertz CT molecular complexity index is 945. The summed E-state index contributed by atoms with van der Waals surface area (Å²) >= 11 is 1.77. The number of carbonyl (C=O) groups excluding carboxylic acids is 1. The van der Waals surface area contributed by atoms with Crippen LogP contribution >= 0.6 is 11.3 Å². The molecule has 2 atom stereocenters. The van der Waals surface area contributed by atoms with Crippen molar-refractivity contribution in [1.82, 2.24) is 19.9 Å². The van der Waals surface area contributed by atoms with E-state index in [2.05, 4.69) is 41.4 Å². The van der Waals surface area contributed by atoms with Crippen LogP contribution in [-0.2, 0) is 27.7 Å². The number of amides is 1. The standard InChI is InChI=1S/C22H34N4O3SSi/c1-21(2,3)29-20(27)26-10-9-22(19-16(7-11-28-22)8-12-30-19)13-18(26)17-14-25(24-23-17)15-31(4,5)6/h8,12,14,18H,7,9-11,13,15H2,1-6H3/t18-,22?/m0/s1. The summed E-state index contributed by atoms with van der Waals surface area (Å²) in [5, 5.41) is 11.1. The van der Waals surface area contributed by atoms with Crippen molar-refractivity contribution in [2.45, 2.75) is 83.1 Å². The molecule has 0 aliphatic carbocycles. The quantitative estimate of drug-likeness (QED) is 0.615. The van der Waals surface area contributed by atoms with Gasteiger partial charge in [-0.3, -0.25) is 9.58 Å². The van der Waals surface area contributed by atoms with Crippen LogP contribution in [0.3, 0.4) is 0 Å². The number of ether oxygens (including phenoxy) is 2. The van der Waals surface area contributed by atoms with Crippen molar-refractivity contribution in [1.29, 1.82) is 0 Å². The molecule has 0 bridgehead atoms. The van der Waals surface area contributed by atoms with Gasteiger partial charge in [0.15, 0.2) is 0 Å². The fourth-order valence-corrected chi connectivity index (χ4v) is 6.78. The summed E-state index contributed by atoms with van der Waals surface area (Å²) in [7, 11) is -1.35. The summed E-state index contributed by atoms with van der Waals surface area (Å²) in [5.74, 6) is 0. The van der Waals surface area contributed by atoms with Crippen LogP contribution in [-0.4, -0.2) is 52.8 Å². The Morgan fingerprint density at radius 2 is 2.16 bits per heavy atom. The van der Waals surface area contributed by atoms with Crippen molar-refractivity contribution in [3.63, 3.8) is 0 Å². The molecule has 7 nitrogen and oxygen atoms in total. The third kappa shape index (κ3) is 4.88. The zero-order valence-electron chi connectivity index (χ0n) is 19.5. The average molecular weight is 463 g/mol. The predicted molar refractivity (Wildman–Crippen MR) is 124 cm³/mol. The molecular weight excluding hydrogens is 428 g/mol. The van der Waals surface area contributed by atoms with Gasteiger partial charge >= 0.3 is 6.09 Å². The van der Waals surface area contributed by atoms with E-state index >= 15 is 0 Å². The number of hydrogen-bond donors (Lipinski definition) is 0. The molecule has 1 unspecified atom stereocenters. The van der Waals surface area contributed by atoms with Crippen LogP contribution in [0, 0.1) is 0 Å². The molecular formula is C22H34N4O3SSi. The number of piperidine rings is 1. The molecule has 1 fully saturated rings. The van der Waals surface area contributed by atoms with Gasteiger partial charge in [-0.15, -0.1) is 16.4 Å². The molecule has 2 aromatic heterocycles. The van der Waals surface area contributed by atoms with E-state index in [0.29, 0.717) is 19.6 Å². The lowest BCUT2D eigenvalue weighted by atomic mass is 9.81. The maximum atomic E-state index is 13.1. The Balaban J connectivity index is 1.67. The number of aromatic nitrogens is 3. The summed E-state index contributed by atoms with van der Waals surface area (Å²) in [6.07, 6.45) is 5.00. The second-order valence-electron chi connectivity index (χ2n) is 10.9. The molecule has 170 valence electrons. The monoisotopic (exact) mass is 462 g/mol. The van der Waals surface area contributed by atoms with E-state index in [1.165, 1.54) is 10.4 Å². The molecule has 0 saturated carbocycles. The van der Waals surface area contributed by atoms with Crippen molar-refractivity contribution in [3.8, 4) is 0 Å². The topological polar surface area (TPSA) is 69.5 Å². The van der Waals surface area contributed by atoms with E-state index in [-0.39, 0.29) is 17.7 Å². The van der Waals surface area contributed by atoms with Crippen molar-refractivity contribution >= 4 is 25.5 Å². The van der Waals surface area contributed by atoms with Crippen LogP contribution in [0.15, 0.2) is 17.6 Å². The molecule has 9 heteroatoms. The minimum atomic E-state index is -1.35. The summed E-state index contributed by atoms with van der Waals surface area (Å²) in [5.41, 5.74) is 1.28. The first-order valence-electron chi connectivity index (χ1n) is 11.1. The lowest BCUT2D eigenvalue weighted by Crippen LogP contribution is -2.50. The average Bonchev–Trinajstić information content (AvgIpc) is 3.29. The third-order valence-electron chi connectivity index (χ3n) is 5.73. The number of likely N-dealkylation sites (tertiary alicyclic amines) is 1. The van der Waals surface area contributed by atoms with Gasteiger partial charge in [0.2, 0.25) is 0 Å². The molecule has 4 heterocycles. The number of thiophene rings is 1. The summed E-state index contributed by atoms with van der Waals surface area (Å²) in [4.78, 5) is 16.2. The molecule has 2 aliphatic heterocycles. The van der Waals surface area contributed by atoms with Gasteiger partial charge in [-0.25, -0.2) is 4.79 Å². The molecule has 31 heavy (non-hydrogen) atoms. The zero-order chi connectivity index (χ0) is 22.4. The largest absolute Gasteiger partial charge is 0.444 e. The first-order chi connectivity index (χ1) is 14.5. The van der Waals surface area contributed by atoms with Crippen LogP contribution in [0.25, 0.3) is 0 Å². The Labute approximate surface area is 189 Å². The highest BCUT2D eigenvalue weighted by Crippen LogP contribution is 2.49. The van der Waals surface area contributed by atoms with Crippen molar-refractivity contribution in [2.24, 2.45) is 0 Å². The van der Waals surface area contributed by atoms with E-state index in [4.69, 9.17) is 9.47 Å². The van der Waals surface area contributed by atoms with Gasteiger partial charge in [0, 0.05) is 24.0 Å². The highest BCUT2D eigenvalue weighted by molar-refractivity contribution is 7.10. The van der Waals surface area contributed by atoms with Gasteiger partial charge < -0.3 is 9.47 Å². The Kier molecular flexibility index (Phi) is 5.81. The summed E-state index contributed by atoms with van der Waals surface area (Å²) in [6, 6.07) is 1.98. The Morgan fingerprint density at radius 1 is 1.39 bits per heavy atom. The van der Waals surface area contributed by atoms with Crippen molar-refractivity contribution in [3.05, 3.63) is 33.8 Å². The van der Waals surface area contributed by atoms with Crippen LogP contribution in [0.4, 0.5) is 4.79 Å². The van der Waals surface area contributed by atoms with E-state index in [0.717, 1.165) is 24.7 Å². The first-order valence-corrected chi connectivity index (χ1v) is 15.6. The SMILES string of the molecule is CC(C)(C)OC(=O)N1CCC2(C[C@H]1c1cn(C[Si](C)(C)C)nn1)OCCc1ccsc12. The number of hydrogen-bond acceptors (Lipinski definition) is 6. The molecule has 0 aromatic carbocycles. The predicted octanol–water partition coefficient (Wildman–Crippen LogP) is 4.76. The van der Waals surface area contributed by atoms with Gasteiger partial charge in [-0.2, -0.15) is 0 Å². The normalized spacial score (nSPS) is 24.3. The van der Waals surface area contributed by atoms with Gasteiger partial charge in [0.1, 0.15) is 16.9 Å². The molecule has 0 radical (unpaired) electrons. The van der Waals surface area contributed by atoms with Crippen LogP contribution in [0.5, 0.6) is 0 Å². The zero-order valence-corrected chi connectivity index (χ0v) is 21.3. The molecule has 0 N–H and O–H groups in total. The minimum absolute atomic E-state index is 0.230. The highest BCUT2D eigenvalue weighted by Gasteiger charge is 2.48. The molecule has 2 aromatic rings. The van der Waals surface area contributed by atoms with E-state index in [1.807, 2.05) is 36.5 Å². The smallest absolute Gasteiger partial charge is 0.410 e. The molecule has 1 spiro atoms. The van der Waals surface area contributed by atoms with Crippen molar-refractivity contribution in [2.75, 3.05) is 13.2 Å². The van der Waals surface area contributed by atoms with Crippen molar-refractivity contribution < 1.29 is 14.3 Å². The van der Waals surface area contributed by atoms with Crippen LogP contribution < -0.4 is 0 Å². The van der Waals surface area contributed by atoms with Gasteiger partial charge in [0.05, 0.1) is 26.9 Å². The van der Waals surface area contributed by atoms with Gasteiger partial charge in [-0.1, -0.05) is 24.9 Å². The van der Waals surface area contributed by atoms with Gasteiger partial charge in [0.25, 0.3) is 0 Å². The van der Waals surface area contributed by atoms with E-state index < -0.39 is 13.7 Å². The number of rotatable bonds is 3. The number of carbonyl (C=O) groups is 1. The van der Waals surface area contributed by atoms with Gasteiger partial charge in [-0.05, 0) is 50.6 Å². The fourth-order valence-electron chi connectivity index (χ4n) is 4.51. The lowest BCUT2D eigenvalue weighted by Gasteiger charge is -2.47. The highest BCUT2D eigenvalue weighted by atomic mass is 32.1. The Hall–Kier alpha value is -1.71. The third-order valence-corrected chi connectivity index (χ3v) is 8.14. The maximum absolute atomic E-state index is 13.1. The maximum Gasteiger partial charge on any atom is 0.410 e. The minimum Gasteiger partial charge on any atom is -0.444 e. The summed E-state index contributed by atoms with van der Waals surface area (Å²) < 4.78 is 14.1. The lowest BCUT2D eigenvalue weighted by molar-refractivity contribution is -0.112. The first kappa shape index (κ1) is 22.5. The Morgan fingerprint density at radius 3 is 2.87 bits per heavy atom. The fraction of sp³-hybridized carbons (Fsp3) is 0.682. The number of nitrogens with zero attached hydrogens (tertiary/aromatic N) is 4. The van der Waals surface area contributed by atoms with E-state index in [1.54, 1.807) is 11.3 Å². The number of fused-ring (bicyclic) bond motifs is 2. The summed E-state index contributed by atoms with van der Waals surface area (Å²) in [6.45, 7) is 13.9.